The lowest BCUT2D eigenvalue weighted by Gasteiger charge is -2.13. The first kappa shape index (κ1) is 25.8. The molecular weight excluding hydrogens is 496 g/mol. The zero-order chi connectivity index (χ0) is 26.4. The third-order valence-electron chi connectivity index (χ3n) is 5.51. The molecule has 1 fully saturated rings. The number of aryl methyl sites for hydroxylation is 1. The molecule has 9 nitrogen and oxygen atoms in total. The molecule has 0 aliphatic carbocycles. The van der Waals surface area contributed by atoms with Crippen molar-refractivity contribution in [3.8, 4) is 17.2 Å². The van der Waals surface area contributed by atoms with Crippen molar-refractivity contribution in [3.63, 3.8) is 0 Å². The second-order valence-electron chi connectivity index (χ2n) is 8.09. The maximum atomic E-state index is 12.9. The number of benzene rings is 3. The van der Waals surface area contributed by atoms with E-state index < -0.39 is 16.1 Å². The van der Waals surface area contributed by atoms with Crippen LogP contribution >= 0.6 is 11.8 Å². The van der Waals surface area contributed by atoms with Gasteiger partial charge in [-0.25, -0.2) is 0 Å². The molecule has 0 saturated carbocycles. The Morgan fingerprint density at radius 3 is 2.41 bits per heavy atom. The molecule has 0 bridgehead atoms. The minimum absolute atomic E-state index is 0.0492. The summed E-state index contributed by atoms with van der Waals surface area (Å²) in [7, 11) is 1.42. The van der Waals surface area contributed by atoms with Crippen molar-refractivity contribution >= 4 is 34.7 Å². The molecule has 0 unspecified atom stereocenters. The van der Waals surface area contributed by atoms with Gasteiger partial charge in [0.15, 0.2) is 11.5 Å². The molecule has 10 heteroatoms. The highest BCUT2D eigenvalue weighted by Crippen LogP contribution is 2.39. The van der Waals surface area contributed by atoms with Gasteiger partial charge in [0.1, 0.15) is 19.0 Å². The molecule has 0 spiro atoms. The van der Waals surface area contributed by atoms with Crippen molar-refractivity contribution in [3.05, 3.63) is 98.4 Å². The molecule has 0 radical (unpaired) electrons. The van der Waals surface area contributed by atoms with Crippen LogP contribution in [-0.4, -0.2) is 41.2 Å². The summed E-state index contributed by atoms with van der Waals surface area (Å²) < 4.78 is 16.8. The van der Waals surface area contributed by atoms with Crippen LogP contribution in [-0.2, 0) is 11.4 Å². The highest BCUT2D eigenvalue weighted by Gasteiger charge is 2.35. The first-order chi connectivity index (χ1) is 17.9. The van der Waals surface area contributed by atoms with Crippen LogP contribution < -0.4 is 14.2 Å². The molecule has 4 rings (SSSR count). The number of carbonyl (C=O) groups is 2. The van der Waals surface area contributed by atoms with Crippen LogP contribution in [0.2, 0.25) is 0 Å². The molecule has 1 heterocycles. The number of nitro groups is 1. The summed E-state index contributed by atoms with van der Waals surface area (Å²) in [4.78, 5) is 37.8. The van der Waals surface area contributed by atoms with E-state index in [2.05, 4.69) is 0 Å². The van der Waals surface area contributed by atoms with Crippen molar-refractivity contribution in [2.24, 2.45) is 0 Å². The average Bonchev–Trinajstić information content (AvgIpc) is 3.16. The maximum absolute atomic E-state index is 12.9. The lowest BCUT2D eigenvalue weighted by atomic mass is 10.1. The van der Waals surface area contributed by atoms with Gasteiger partial charge in [-0.05, 0) is 48.5 Å². The van der Waals surface area contributed by atoms with Gasteiger partial charge in [-0.3, -0.25) is 24.6 Å². The van der Waals surface area contributed by atoms with Crippen LogP contribution in [0.5, 0.6) is 17.2 Å². The van der Waals surface area contributed by atoms with E-state index in [1.165, 1.54) is 25.3 Å². The van der Waals surface area contributed by atoms with Gasteiger partial charge in [0.2, 0.25) is 0 Å². The SMILES string of the molecule is COc1cc(/C=C2\SC(=O)N(CCOc3ccc(C)cc3)C2=O)c([N+](=O)[O-])cc1OCc1ccccc1. The summed E-state index contributed by atoms with van der Waals surface area (Å²) in [6.45, 7) is 2.32. The van der Waals surface area contributed by atoms with Gasteiger partial charge < -0.3 is 14.2 Å². The van der Waals surface area contributed by atoms with Crippen molar-refractivity contribution < 1.29 is 28.7 Å². The minimum atomic E-state index is -0.569. The van der Waals surface area contributed by atoms with Gasteiger partial charge in [-0.15, -0.1) is 0 Å². The molecular formula is C27H24N2O7S. The molecule has 1 saturated heterocycles. The van der Waals surface area contributed by atoms with E-state index in [1.54, 1.807) is 0 Å². The van der Waals surface area contributed by atoms with E-state index in [-0.39, 0.29) is 47.4 Å². The van der Waals surface area contributed by atoms with E-state index in [1.807, 2.05) is 61.5 Å². The van der Waals surface area contributed by atoms with E-state index in [4.69, 9.17) is 14.2 Å². The second kappa shape index (κ2) is 11.6. The highest BCUT2D eigenvalue weighted by molar-refractivity contribution is 8.18. The topological polar surface area (TPSA) is 108 Å². The molecule has 3 aromatic rings. The Balaban J connectivity index is 1.51. The molecule has 0 N–H and O–H groups in total. The standard InChI is InChI=1S/C27H24N2O7S/c1-18-8-10-21(11-9-18)35-13-12-28-26(30)25(37-27(28)31)15-20-14-23(34-2)24(16-22(20)29(32)33)36-17-19-6-4-3-5-7-19/h3-11,14-16H,12-13,17H2,1-2H3/b25-15-. The third kappa shape index (κ3) is 6.28. The molecule has 3 aromatic carbocycles. The number of hydrogen-bond acceptors (Lipinski definition) is 8. The van der Waals surface area contributed by atoms with Crippen LogP contribution in [0.3, 0.4) is 0 Å². The van der Waals surface area contributed by atoms with Crippen LogP contribution in [0.1, 0.15) is 16.7 Å². The largest absolute Gasteiger partial charge is 0.493 e. The molecule has 1 aliphatic heterocycles. The van der Waals surface area contributed by atoms with Crippen molar-refractivity contribution in [2.45, 2.75) is 13.5 Å². The van der Waals surface area contributed by atoms with E-state index in [9.17, 15) is 19.7 Å². The first-order valence-corrected chi connectivity index (χ1v) is 12.2. The van der Waals surface area contributed by atoms with E-state index >= 15 is 0 Å². The lowest BCUT2D eigenvalue weighted by molar-refractivity contribution is -0.385. The molecule has 190 valence electrons. The summed E-state index contributed by atoms with van der Waals surface area (Å²) in [5.41, 5.74) is 1.81. The maximum Gasteiger partial charge on any atom is 0.293 e. The van der Waals surface area contributed by atoms with Gasteiger partial charge in [0, 0.05) is 0 Å². The van der Waals surface area contributed by atoms with Gasteiger partial charge >= 0.3 is 0 Å². The Bertz CT molecular complexity index is 1340. The van der Waals surface area contributed by atoms with Gasteiger partial charge in [0.25, 0.3) is 16.8 Å². The van der Waals surface area contributed by atoms with Crippen molar-refractivity contribution in [1.82, 2.24) is 4.90 Å². The van der Waals surface area contributed by atoms with E-state index in [0.29, 0.717) is 5.75 Å². The van der Waals surface area contributed by atoms with Crippen molar-refractivity contribution in [2.75, 3.05) is 20.3 Å². The normalized spacial score (nSPS) is 14.2. The number of hydrogen-bond donors (Lipinski definition) is 0. The van der Waals surface area contributed by atoms with E-state index in [0.717, 1.165) is 27.8 Å². The molecule has 1 aliphatic rings. The number of rotatable bonds is 10. The first-order valence-electron chi connectivity index (χ1n) is 11.3. The number of ether oxygens (including phenoxy) is 3. The van der Waals surface area contributed by atoms with Gasteiger partial charge in [-0.1, -0.05) is 48.0 Å². The van der Waals surface area contributed by atoms with Gasteiger partial charge in [-0.2, -0.15) is 0 Å². The fraction of sp³-hybridized carbons (Fsp3) is 0.185. The Hall–Kier alpha value is -4.31. The summed E-state index contributed by atoms with van der Waals surface area (Å²) in [5.74, 6) is 0.542. The monoisotopic (exact) mass is 520 g/mol. The lowest BCUT2D eigenvalue weighted by Crippen LogP contribution is -2.32. The predicted molar refractivity (Wildman–Crippen MR) is 140 cm³/mol. The van der Waals surface area contributed by atoms with Gasteiger partial charge in [0.05, 0.1) is 35.1 Å². The summed E-state index contributed by atoms with van der Waals surface area (Å²) in [6, 6.07) is 19.4. The third-order valence-corrected chi connectivity index (χ3v) is 6.42. The number of nitrogens with zero attached hydrogens (tertiary/aromatic N) is 2. The van der Waals surface area contributed by atoms with Crippen molar-refractivity contribution in [1.29, 1.82) is 0 Å². The second-order valence-corrected chi connectivity index (χ2v) is 9.08. The Kier molecular flexibility index (Phi) is 8.09. The predicted octanol–water partition coefficient (Wildman–Crippen LogP) is 5.61. The number of thioether (sulfide) groups is 1. The highest BCUT2D eigenvalue weighted by atomic mass is 32.2. The Labute approximate surface area is 217 Å². The molecule has 0 atom stereocenters. The van der Waals surface area contributed by atoms with Crippen LogP contribution in [0.15, 0.2) is 71.6 Å². The Morgan fingerprint density at radius 1 is 1.00 bits per heavy atom. The number of carbonyl (C=O) groups excluding carboxylic acids is 2. The average molecular weight is 521 g/mol. The van der Waals surface area contributed by atoms with Crippen LogP contribution in [0.4, 0.5) is 10.5 Å². The van der Waals surface area contributed by atoms with Crippen LogP contribution in [0.25, 0.3) is 6.08 Å². The Morgan fingerprint density at radius 2 is 1.73 bits per heavy atom. The summed E-state index contributed by atoms with van der Waals surface area (Å²) in [5, 5.41) is 11.4. The number of imide groups is 1. The summed E-state index contributed by atoms with van der Waals surface area (Å²) >= 11 is 0.719. The molecule has 0 aromatic heterocycles. The fourth-order valence-corrected chi connectivity index (χ4v) is 4.43. The fourth-order valence-electron chi connectivity index (χ4n) is 3.57. The summed E-state index contributed by atoms with van der Waals surface area (Å²) in [6.07, 6.45) is 1.33. The smallest absolute Gasteiger partial charge is 0.293 e. The quantitative estimate of drug-likeness (QED) is 0.193. The zero-order valence-electron chi connectivity index (χ0n) is 20.2. The molecule has 37 heavy (non-hydrogen) atoms. The minimum Gasteiger partial charge on any atom is -0.493 e. The number of amides is 2. The van der Waals surface area contributed by atoms with Crippen LogP contribution in [0, 0.1) is 17.0 Å². The zero-order valence-corrected chi connectivity index (χ0v) is 21.0. The molecule has 2 amide bonds. The number of methoxy groups -OCH3 is 1. The number of nitro benzene ring substituents is 1.